The summed E-state index contributed by atoms with van der Waals surface area (Å²) in [5.74, 6) is 0.279. The molecule has 0 aliphatic heterocycles. The van der Waals surface area contributed by atoms with Crippen LogP contribution in [0.1, 0.15) is 5.56 Å². The van der Waals surface area contributed by atoms with Gasteiger partial charge in [0.05, 0.1) is 4.47 Å². The molecule has 2 aromatic rings. The Labute approximate surface area is 129 Å². The zero-order chi connectivity index (χ0) is 13.9. The normalized spacial score (nSPS) is 11.3. The average Bonchev–Trinajstić information content (AvgIpc) is 2.42. The molecular formula is C13H10Br2O3S. The van der Waals surface area contributed by atoms with Gasteiger partial charge in [0, 0.05) is 5.33 Å². The van der Waals surface area contributed by atoms with Crippen LogP contribution in [0, 0.1) is 0 Å². The maximum Gasteiger partial charge on any atom is 0.339 e. The molecule has 19 heavy (non-hydrogen) atoms. The summed E-state index contributed by atoms with van der Waals surface area (Å²) in [6.45, 7) is 0. The monoisotopic (exact) mass is 404 g/mol. The summed E-state index contributed by atoms with van der Waals surface area (Å²) < 4.78 is 30.0. The molecule has 0 N–H and O–H groups in total. The highest BCUT2D eigenvalue weighted by Crippen LogP contribution is 2.29. The SMILES string of the molecule is O=S(=O)(Oc1cc(CBr)ccc1Br)c1ccccc1. The van der Waals surface area contributed by atoms with Crippen molar-refractivity contribution in [1.29, 1.82) is 0 Å². The van der Waals surface area contributed by atoms with Gasteiger partial charge in [-0.1, -0.05) is 40.2 Å². The molecule has 0 radical (unpaired) electrons. The second kappa shape index (κ2) is 6.07. The van der Waals surface area contributed by atoms with Crippen molar-refractivity contribution < 1.29 is 12.6 Å². The van der Waals surface area contributed by atoms with Crippen molar-refractivity contribution in [2.45, 2.75) is 10.2 Å². The molecule has 0 saturated carbocycles. The standard InChI is InChI=1S/C13H10Br2O3S/c14-9-10-6-7-12(15)13(8-10)18-19(16,17)11-4-2-1-3-5-11/h1-8H,9H2. The van der Waals surface area contributed by atoms with Crippen molar-refractivity contribution in [2.24, 2.45) is 0 Å². The van der Waals surface area contributed by atoms with E-state index in [-0.39, 0.29) is 10.6 Å². The molecule has 0 unspecified atom stereocenters. The number of rotatable bonds is 4. The topological polar surface area (TPSA) is 43.4 Å². The first-order chi connectivity index (χ1) is 9.03. The van der Waals surface area contributed by atoms with Crippen LogP contribution in [-0.4, -0.2) is 8.42 Å². The Morgan fingerprint density at radius 2 is 1.74 bits per heavy atom. The van der Waals surface area contributed by atoms with Crippen LogP contribution in [0.5, 0.6) is 5.75 Å². The van der Waals surface area contributed by atoms with E-state index in [1.165, 1.54) is 12.1 Å². The summed E-state index contributed by atoms with van der Waals surface area (Å²) in [6, 6.07) is 13.4. The van der Waals surface area contributed by atoms with Crippen LogP contribution in [0.3, 0.4) is 0 Å². The van der Waals surface area contributed by atoms with Crippen LogP contribution in [0.2, 0.25) is 0 Å². The van der Waals surface area contributed by atoms with Gasteiger partial charge in [0.2, 0.25) is 0 Å². The van der Waals surface area contributed by atoms with Crippen LogP contribution in [0.25, 0.3) is 0 Å². The Kier molecular flexibility index (Phi) is 4.65. The highest BCUT2D eigenvalue weighted by Gasteiger charge is 2.17. The predicted octanol–water partition coefficient (Wildman–Crippen LogP) is 4.11. The summed E-state index contributed by atoms with van der Waals surface area (Å²) in [7, 11) is -3.81. The maximum absolute atomic E-state index is 12.1. The van der Waals surface area contributed by atoms with E-state index in [9.17, 15) is 8.42 Å². The van der Waals surface area contributed by atoms with Gasteiger partial charge in [0.15, 0.2) is 5.75 Å². The Morgan fingerprint density at radius 3 is 2.37 bits per heavy atom. The molecule has 0 heterocycles. The fourth-order valence-electron chi connectivity index (χ4n) is 1.45. The molecule has 0 amide bonds. The van der Waals surface area contributed by atoms with Gasteiger partial charge in [0.1, 0.15) is 4.90 Å². The van der Waals surface area contributed by atoms with Crippen molar-refractivity contribution in [3.63, 3.8) is 0 Å². The highest BCUT2D eigenvalue weighted by molar-refractivity contribution is 9.10. The van der Waals surface area contributed by atoms with Gasteiger partial charge >= 0.3 is 10.1 Å². The number of hydrogen-bond acceptors (Lipinski definition) is 3. The highest BCUT2D eigenvalue weighted by atomic mass is 79.9. The van der Waals surface area contributed by atoms with Crippen LogP contribution in [-0.2, 0) is 15.4 Å². The summed E-state index contributed by atoms with van der Waals surface area (Å²) in [6.07, 6.45) is 0. The molecule has 0 aliphatic carbocycles. The second-order valence-corrected chi connectivity index (χ2v) is 6.71. The fraction of sp³-hybridized carbons (Fsp3) is 0.0769. The second-order valence-electron chi connectivity index (χ2n) is 3.75. The smallest absolute Gasteiger partial charge is 0.339 e. The van der Waals surface area contributed by atoms with E-state index in [2.05, 4.69) is 31.9 Å². The average molecular weight is 406 g/mol. The maximum atomic E-state index is 12.1. The minimum atomic E-state index is -3.81. The lowest BCUT2D eigenvalue weighted by atomic mass is 10.2. The lowest BCUT2D eigenvalue weighted by molar-refractivity contribution is 0.484. The number of hydrogen-bond donors (Lipinski definition) is 0. The zero-order valence-electron chi connectivity index (χ0n) is 9.71. The molecule has 0 aromatic heterocycles. The first-order valence-electron chi connectivity index (χ1n) is 5.37. The first kappa shape index (κ1) is 14.6. The molecule has 3 nitrogen and oxygen atoms in total. The first-order valence-corrected chi connectivity index (χ1v) is 8.69. The molecule has 0 atom stereocenters. The minimum absolute atomic E-state index is 0.131. The molecule has 0 saturated heterocycles. The Balaban J connectivity index is 2.36. The van der Waals surface area contributed by atoms with E-state index in [0.717, 1.165) is 5.56 Å². The van der Waals surface area contributed by atoms with Crippen LogP contribution in [0.4, 0.5) is 0 Å². The molecule has 0 aliphatic rings. The van der Waals surface area contributed by atoms with Gasteiger partial charge in [-0.2, -0.15) is 8.42 Å². The van der Waals surface area contributed by atoms with Crippen LogP contribution >= 0.6 is 31.9 Å². The molecular weight excluding hydrogens is 396 g/mol. The van der Waals surface area contributed by atoms with Crippen LogP contribution in [0.15, 0.2) is 57.9 Å². The van der Waals surface area contributed by atoms with E-state index >= 15 is 0 Å². The van der Waals surface area contributed by atoms with E-state index in [1.54, 1.807) is 30.3 Å². The van der Waals surface area contributed by atoms with E-state index in [4.69, 9.17) is 4.18 Å². The third-order valence-corrected chi connectivity index (χ3v) is 4.93. The van der Waals surface area contributed by atoms with Gasteiger partial charge < -0.3 is 4.18 Å². The third-order valence-electron chi connectivity index (χ3n) is 2.38. The van der Waals surface area contributed by atoms with Gasteiger partial charge in [0.25, 0.3) is 0 Å². The Hall–Kier alpha value is -0.850. The largest absolute Gasteiger partial charge is 0.378 e. The summed E-state index contributed by atoms with van der Waals surface area (Å²) in [5, 5.41) is 0.627. The van der Waals surface area contributed by atoms with Gasteiger partial charge in [-0.15, -0.1) is 0 Å². The summed E-state index contributed by atoms with van der Waals surface area (Å²) in [5.41, 5.74) is 0.932. The van der Waals surface area contributed by atoms with Crippen molar-refractivity contribution >= 4 is 42.0 Å². The van der Waals surface area contributed by atoms with E-state index < -0.39 is 10.1 Å². The van der Waals surface area contributed by atoms with Crippen LogP contribution < -0.4 is 4.18 Å². The molecule has 100 valence electrons. The van der Waals surface area contributed by atoms with Gasteiger partial charge in [-0.3, -0.25) is 0 Å². The van der Waals surface area contributed by atoms with E-state index in [1.807, 2.05) is 6.07 Å². The van der Waals surface area contributed by atoms with Crippen molar-refractivity contribution in [1.82, 2.24) is 0 Å². The molecule has 0 spiro atoms. The van der Waals surface area contributed by atoms with E-state index in [0.29, 0.717) is 9.80 Å². The van der Waals surface area contributed by atoms with Gasteiger partial charge in [-0.25, -0.2) is 0 Å². The van der Waals surface area contributed by atoms with Crippen molar-refractivity contribution in [3.8, 4) is 5.75 Å². The lowest BCUT2D eigenvalue weighted by Gasteiger charge is -2.09. The van der Waals surface area contributed by atoms with Gasteiger partial charge in [-0.05, 0) is 45.8 Å². The molecule has 0 bridgehead atoms. The fourth-order valence-corrected chi connectivity index (χ4v) is 3.19. The number of alkyl halides is 1. The predicted molar refractivity (Wildman–Crippen MR) is 81.0 cm³/mol. The molecule has 2 aromatic carbocycles. The third kappa shape index (κ3) is 3.58. The quantitative estimate of drug-likeness (QED) is 0.567. The Bertz CT molecular complexity index is 670. The summed E-state index contributed by atoms with van der Waals surface area (Å²) >= 11 is 6.60. The lowest BCUT2D eigenvalue weighted by Crippen LogP contribution is -2.10. The molecule has 6 heteroatoms. The van der Waals surface area contributed by atoms with Crippen molar-refractivity contribution in [2.75, 3.05) is 0 Å². The number of halogens is 2. The minimum Gasteiger partial charge on any atom is -0.378 e. The molecule has 0 fully saturated rings. The number of benzene rings is 2. The summed E-state index contributed by atoms with van der Waals surface area (Å²) in [4.78, 5) is 0.131. The Morgan fingerprint density at radius 1 is 1.05 bits per heavy atom. The molecule has 2 rings (SSSR count). The van der Waals surface area contributed by atoms with Crippen molar-refractivity contribution in [3.05, 3.63) is 58.6 Å². The zero-order valence-corrected chi connectivity index (χ0v) is 13.7.